The van der Waals surface area contributed by atoms with E-state index in [9.17, 15) is 29.1 Å². The lowest BCUT2D eigenvalue weighted by atomic mass is 9.95. The second kappa shape index (κ2) is 15.3. The highest BCUT2D eigenvalue weighted by molar-refractivity contribution is 5.94. The molecule has 0 heterocycles. The summed E-state index contributed by atoms with van der Waals surface area (Å²) in [7, 11) is 0. The molecule has 0 fully saturated rings. The number of carbonyl (C=O) groups excluding carboxylic acids is 4. The van der Waals surface area contributed by atoms with Gasteiger partial charge in [-0.3, -0.25) is 19.2 Å². The van der Waals surface area contributed by atoms with E-state index in [2.05, 4.69) is 16.0 Å². The Kier molecular flexibility index (Phi) is 14.1. The average Bonchev–Trinajstić information content (AvgIpc) is 2.80. The molecular weight excluding hydrogens is 442 g/mol. The van der Waals surface area contributed by atoms with Gasteiger partial charge in [-0.25, -0.2) is 4.79 Å². The lowest BCUT2D eigenvalue weighted by Crippen LogP contribution is -2.59. The molecule has 0 aliphatic rings. The van der Waals surface area contributed by atoms with Gasteiger partial charge in [-0.1, -0.05) is 60.8 Å². The van der Waals surface area contributed by atoms with Crippen LogP contribution in [0.5, 0.6) is 0 Å². The molecule has 196 valence electrons. The number of amides is 4. The second-order valence-electron chi connectivity index (χ2n) is 9.06. The number of carbonyl (C=O) groups is 5. The van der Waals surface area contributed by atoms with E-state index in [0.29, 0.717) is 19.3 Å². The summed E-state index contributed by atoms with van der Waals surface area (Å²) in [6, 6.07) is -4.15. The van der Waals surface area contributed by atoms with Crippen LogP contribution in [0.15, 0.2) is 0 Å². The van der Waals surface area contributed by atoms with Crippen LogP contribution in [0.4, 0.5) is 0 Å². The predicted octanol–water partition coefficient (Wildman–Crippen LogP) is 0.257. The molecule has 0 spiro atoms. The summed E-state index contributed by atoms with van der Waals surface area (Å²) >= 11 is 0. The Bertz CT molecular complexity index is 716. The Hall–Kier alpha value is -2.69. The Labute approximate surface area is 202 Å². The Balaban J connectivity index is 5.70. The quantitative estimate of drug-likeness (QED) is 0.180. The van der Waals surface area contributed by atoms with Gasteiger partial charge < -0.3 is 32.5 Å². The monoisotopic (exact) mass is 485 g/mol. The van der Waals surface area contributed by atoms with Crippen molar-refractivity contribution >= 4 is 29.6 Å². The maximum atomic E-state index is 13.1. The van der Waals surface area contributed by atoms with Gasteiger partial charge in [0.1, 0.15) is 18.1 Å². The minimum absolute atomic E-state index is 0.0698. The zero-order valence-corrected chi connectivity index (χ0v) is 21.2. The highest BCUT2D eigenvalue weighted by atomic mass is 16.4. The Morgan fingerprint density at radius 3 is 1.65 bits per heavy atom. The zero-order valence-electron chi connectivity index (χ0n) is 21.2. The number of hydrogen-bond acceptors (Lipinski definition) is 6. The van der Waals surface area contributed by atoms with E-state index in [4.69, 9.17) is 11.5 Å². The fourth-order valence-corrected chi connectivity index (χ4v) is 3.22. The molecule has 0 aliphatic heterocycles. The molecular formula is C23H43N5O6. The molecule has 7 atom stereocenters. The third kappa shape index (κ3) is 10.1. The van der Waals surface area contributed by atoms with Gasteiger partial charge in [0, 0.05) is 6.42 Å². The molecule has 0 bridgehead atoms. The van der Waals surface area contributed by atoms with Crippen LogP contribution in [0, 0.1) is 17.8 Å². The van der Waals surface area contributed by atoms with Gasteiger partial charge in [-0.05, 0) is 24.2 Å². The summed E-state index contributed by atoms with van der Waals surface area (Å²) in [5.41, 5.74) is 11.2. The van der Waals surface area contributed by atoms with E-state index in [0.717, 1.165) is 0 Å². The van der Waals surface area contributed by atoms with Crippen molar-refractivity contribution in [2.45, 2.75) is 97.8 Å². The van der Waals surface area contributed by atoms with Gasteiger partial charge in [0.2, 0.25) is 23.6 Å². The maximum Gasteiger partial charge on any atom is 0.326 e. The first-order chi connectivity index (χ1) is 15.8. The molecule has 0 radical (unpaired) electrons. The van der Waals surface area contributed by atoms with Crippen LogP contribution in [-0.4, -0.2) is 58.9 Å². The topological polar surface area (TPSA) is 194 Å². The van der Waals surface area contributed by atoms with Gasteiger partial charge in [-0.15, -0.1) is 0 Å². The molecule has 0 saturated carbocycles. The van der Waals surface area contributed by atoms with Crippen molar-refractivity contribution < 1.29 is 29.1 Å². The number of carboxylic acids is 1. The number of primary amides is 1. The molecule has 8 N–H and O–H groups in total. The lowest BCUT2D eigenvalue weighted by molar-refractivity contribution is -0.144. The Morgan fingerprint density at radius 2 is 1.21 bits per heavy atom. The SMILES string of the molecule is CCC(C)C(N)C(=O)NC(CCC(N)=O)C(=O)NC(C(=O)NC(C(=O)O)C(C)CC)C(C)CC. The normalized spacial score (nSPS) is 17.3. The molecule has 0 aromatic heterocycles. The molecule has 34 heavy (non-hydrogen) atoms. The highest BCUT2D eigenvalue weighted by Crippen LogP contribution is 2.13. The summed E-state index contributed by atoms with van der Waals surface area (Å²) < 4.78 is 0. The Morgan fingerprint density at radius 1 is 0.735 bits per heavy atom. The van der Waals surface area contributed by atoms with Crippen LogP contribution in [0.3, 0.4) is 0 Å². The van der Waals surface area contributed by atoms with E-state index < -0.39 is 53.8 Å². The van der Waals surface area contributed by atoms with Crippen LogP contribution in [0.1, 0.15) is 73.6 Å². The largest absolute Gasteiger partial charge is 0.480 e. The van der Waals surface area contributed by atoms with Crippen molar-refractivity contribution in [2.24, 2.45) is 29.2 Å². The van der Waals surface area contributed by atoms with Crippen molar-refractivity contribution in [1.29, 1.82) is 0 Å². The van der Waals surface area contributed by atoms with Crippen LogP contribution in [0.25, 0.3) is 0 Å². The van der Waals surface area contributed by atoms with E-state index in [1.807, 2.05) is 27.7 Å². The minimum Gasteiger partial charge on any atom is -0.480 e. The van der Waals surface area contributed by atoms with Crippen LogP contribution >= 0.6 is 0 Å². The summed E-state index contributed by atoms with van der Waals surface area (Å²) in [6.45, 7) is 10.8. The van der Waals surface area contributed by atoms with E-state index in [1.165, 1.54) is 0 Å². The van der Waals surface area contributed by atoms with Gasteiger partial charge in [0.25, 0.3) is 0 Å². The van der Waals surface area contributed by atoms with Crippen molar-refractivity contribution in [2.75, 3.05) is 0 Å². The number of carboxylic acid groups (broad SMARTS) is 1. The molecule has 0 aliphatic carbocycles. The van der Waals surface area contributed by atoms with Gasteiger partial charge in [0.05, 0.1) is 6.04 Å². The predicted molar refractivity (Wildman–Crippen MR) is 128 cm³/mol. The van der Waals surface area contributed by atoms with Crippen molar-refractivity contribution in [3.8, 4) is 0 Å². The standard InChI is InChI=1S/C23H43N5O6/c1-7-12(4)17(25)21(31)26-15(10-11-16(24)29)20(30)27-18(13(5)8-2)22(32)28-19(23(33)34)14(6)9-3/h12-15,17-19H,7-11,25H2,1-6H3,(H2,24,29)(H,26,31)(H,27,30)(H,28,32)(H,33,34). The summed E-state index contributed by atoms with van der Waals surface area (Å²) in [4.78, 5) is 61.6. The molecule has 0 saturated heterocycles. The fraction of sp³-hybridized carbons (Fsp3) is 0.783. The lowest BCUT2D eigenvalue weighted by Gasteiger charge is -2.29. The zero-order chi connectivity index (χ0) is 26.6. The van der Waals surface area contributed by atoms with Crippen molar-refractivity contribution in [3.63, 3.8) is 0 Å². The van der Waals surface area contributed by atoms with Crippen LogP contribution in [0.2, 0.25) is 0 Å². The molecule has 0 rings (SSSR count). The number of nitrogens with two attached hydrogens (primary N) is 2. The first kappa shape index (κ1) is 31.3. The van der Waals surface area contributed by atoms with Gasteiger partial charge in [-0.2, -0.15) is 0 Å². The number of hydrogen-bond donors (Lipinski definition) is 6. The van der Waals surface area contributed by atoms with E-state index in [-0.39, 0.29) is 30.6 Å². The summed E-state index contributed by atoms with van der Waals surface area (Å²) in [5.74, 6) is -4.45. The van der Waals surface area contributed by atoms with Crippen molar-refractivity contribution in [3.05, 3.63) is 0 Å². The molecule has 11 nitrogen and oxygen atoms in total. The smallest absolute Gasteiger partial charge is 0.326 e. The highest BCUT2D eigenvalue weighted by Gasteiger charge is 2.34. The molecule has 4 amide bonds. The number of nitrogens with one attached hydrogen (secondary N) is 3. The summed E-state index contributed by atoms with van der Waals surface area (Å²) in [6.07, 6.45) is 1.49. The third-order valence-corrected chi connectivity index (χ3v) is 6.44. The van der Waals surface area contributed by atoms with Gasteiger partial charge >= 0.3 is 5.97 Å². The first-order valence-corrected chi connectivity index (χ1v) is 12.0. The average molecular weight is 486 g/mol. The van der Waals surface area contributed by atoms with Crippen LogP contribution < -0.4 is 27.4 Å². The van der Waals surface area contributed by atoms with Gasteiger partial charge in [0.15, 0.2) is 0 Å². The first-order valence-electron chi connectivity index (χ1n) is 12.0. The van der Waals surface area contributed by atoms with Crippen LogP contribution in [-0.2, 0) is 24.0 Å². The molecule has 0 aromatic carbocycles. The van der Waals surface area contributed by atoms with Crippen molar-refractivity contribution in [1.82, 2.24) is 16.0 Å². The number of aliphatic carboxylic acids is 1. The summed E-state index contributed by atoms with van der Waals surface area (Å²) in [5, 5.41) is 17.2. The molecule has 11 heteroatoms. The number of rotatable bonds is 16. The van der Waals surface area contributed by atoms with E-state index in [1.54, 1.807) is 13.8 Å². The minimum atomic E-state index is -1.16. The second-order valence-corrected chi connectivity index (χ2v) is 9.06. The molecule has 7 unspecified atom stereocenters. The molecule has 0 aromatic rings. The fourth-order valence-electron chi connectivity index (χ4n) is 3.22. The third-order valence-electron chi connectivity index (χ3n) is 6.44. The maximum absolute atomic E-state index is 13.1. The van der Waals surface area contributed by atoms with E-state index >= 15 is 0 Å².